The van der Waals surface area contributed by atoms with E-state index in [0.717, 1.165) is 11.1 Å². The predicted molar refractivity (Wildman–Crippen MR) is 85.0 cm³/mol. The van der Waals surface area contributed by atoms with Crippen LogP contribution in [0.2, 0.25) is 5.02 Å². The highest BCUT2D eigenvalue weighted by molar-refractivity contribution is 6.30. The minimum absolute atomic E-state index is 0.253. The van der Waals surface area contributed by atoms with Crippen molar-refractivity contribution in [1.82, 2.24) is 10.2 Å². The molecular formula is C17H13ClN2O2. The van der Waals surface area contributed by atoms with E-state index in [1.165, 1.54) is 4.90 Å². The third-order valence-corrected chi connectivity index (χ3v) is 3.58. The van der Waals surface area contributed by atoms with Gasteiger partial charge in [0, 0.05) is 5.02 Å². The third kappa shape index (κ3) is 3.02. The second kappa shape index (κ2) is 6.03. The Morgan fingerprint density at radius 1 is 1.00 bits per heavy atom. The summed E-state index contributed by atoms with van der Waals surface area (Å²) >= 11 is 5.83. The average Bonchev–Trinajstić information content (AvgIpc) is 2.78. The number of hydrogen-bond acceptors (Lipinski definition) is 2. The van der Waals surface area contributed by atoms with Crippen LogP contribution in [0.3, 0.4) is 0 Å². The molecule has 3 rings (SSSR count). The van der Waals surface area contributed by atoms with Crippen molar-refractivity contribution < 1.29 is 9.59 Å². The lowest BCUT2D eigenvalue weighted by molar-refractivity contribution is -0.123. The van der Waals surface area contributed by atoms with Crippen molar-refractivity contribution >= 4 is 29.6 Å². The highest BCUT2D eigenvalue weighted by atomic mass is 35.5. The summed E-state index contributed by atoms with van der Waals surface area (Å²) in [5.41, 5.74) is 1.97. The van der Waals surface area contributed by atoms with Crippen LogP contribution in [0.1, 0.15) is 11.1 Å². The molecular weight excluding hydrogens is 300 g/mol. The van der Waals surface area contributed by atoms with Gasteiger partial charge >= 0.3 is 6.03 Å². The van der Waals surface area contributed by atoms with E-state index < -0.39 is 6.03 Å². The average molecular weight is 313 g/mol. The number of halogens is 1. The van der Waals surface area contributed by atoms with Gasteiger partial charge in [-0.1, -0.05) is 54.1 Å². The monoisotopic (exact) mass is 312 g/mol. The zero-order valence-electron chi connectivity index (χ0n) is 11.6. The fourth-order valence-corrected chi connectivity index (χ4v) is 2.33. The van der Waals surface area contributed by atoms with Crippen LogP contribution in [0.4, 0.5) is 4.79 Å². The van der Waals surface area contributed by atoms with Gasteiger partial charge in [-0.15, -0.1) is 0 Å². The van der Waals surface area contributed by atoms with Crippen LogP contribution >= 0.6 is 11.6 Å². The lowest BCUT2D eigenvalue weighted by Gasteiger charge is -2.11. The largest absolute Gasteiger partial charge is 0.329 e. The number of carbonyl (C=O) groups excluding carboxylic acids is 2. The molecule has 1 heterocycles. The van der Waals surface area contributed by atoms with E-state index in [1.54, 1.807) is 30.3 Å². The maximum absolute atomic E-state index is 12.3. The molecule has 22 heavy (non-hydrogen) atoms. The molecule has 2 aromatic carbocycles. The number of amides is 3. The molecule has 110 valence electrons. The van der Waals surface area contributed by atoms with E-state index in [9.17, 15) is 9.59 Å². The Balaban J connectivity index is 1.80. The first-order valence-corrected chi connectivity index (χ1v) is 7.15. The van der Waals surface area contributed by atoms with Crippen molar-refractivity contribution in [3.05, 3.63) is 76.4 Å². The fourth-order valence-electron chi connectivity index (χ4n) is 2.21. The Hall–Kier alpha value is -2.59. The van der Waals surface area contributed by atoms with Crippen LogP contribution in [0, 0.1) is 0 Å². The standard InChI is InChI=1S/C17H13ClN2O2/c18-14-8-6-12(7-9-14)10-15-16(21)20(17(22)19-15)11-13-4-2-1-3-5-13/h1-10H,11H2,(H,19,22)/b15-10+. The zero-order chi connectivity index (χ0) is 15.5. The molecule has 0 atom stereocenters. The lowest BCUT2D eigenvalue weighted by Crippen LogP contribution is -2.30. The number of rotatable bonds is 3. The van der Waals surface area contributed by atoms with Gasteiger partial charge in [-0.2, -0.15) is 0 Å². The topological polar surface area (TPSA) is 49.4 Å². The van der Waals surface area contributed by atoms with E-state index in [-0.39, 0.29) is 18.1 Å². The molecule has 0 saturated carbocycles. The maximum atomic E-state index is 12.3. The van der Waals surface area contributed by atoms with Crippen LogP contribution in [-0.2, 0) is 11.3 Å². The molecule has 0 spiro atoms. The Bertz CT molecular complexity index is 739. The first-order chi connectivity index (χ1) is 10.6. The van der Waals surface area contributed by atoms with Gasteiger partial charge in [-0.25, -0.2) is 4.79 Å². The molecule has 1 fully saturated rings. The van der Waals surface area contributed by atoms with Crippen molar-refractivity contribution in [3.63, 3.8) is 0 Å². The van der Waals surface area contributed by atoms with Gasteiger partial charge in [-0.05, 0) is 29.3 Å². The smallest absolute Gasteiger partial charge is 0.303 e. The van der Waals surface area contributed by atoms with Crippen LogP contribution < -0.4 is 5.32 Å². The highest BCUT2D eigenvalue weighted by Gasteiger charge is 2.33. The van der Waals surface area contributed by atoms with E-state index in [1.807, 2.05) is 30.3 Å². The molecule has 5 heteroatoms. The second-order valence-corrected chi connectivity index (χ2v) is 5.35. The number of carbonyl (C=O) groups is 2. The Morgan fingerprint density at radius 2 is 1.68 bits per heavy atom. The van der Waals surface area contributed by atoms with E-state index >= 15 is 0 Å². The minimum atomic E-state index is -0.408. The van der Waals surface area contributed by atoms with Gasteiger partial charge in [0.1, 0.15) is 5.70 Å². The number of nitrogens with one attached hydrogen (secondary N) is 1. The molecule has 0 aromatic heterocycles. The first kappa shape index (κ1) is 14.4. The third-order valence-electron chi connectivity index (χ3n) is 3.33. The molecule has 0 radical (unpaired) electrons. The van der Waals surface area contributed by atoms with E-state index in [4.69, 9.17) is 11.6 Å². The summed E-state index contributed by atoms with van der Waals surface area (Å²) in [5, 5.41) is 3.22. The van der Waals surface area contributed by atoms with Crippen molar-refractivity contribution in [2.75, 3.05) is 0 Å². The molecule has 0 unspecified atom stereocenters. The van der Waals surface area contributed by atoms with E-state index in [0.29, 0.717) is 5.02 Å². The summed E-state index contributed by atoms with van der Waals surface area (Å²) in [6, 6.07) is 16.0. The molecule has 1 N–H and O–H groups in total. The molecule has 2 aromatic rings. The summed E-state index contributed by atoms with van der Waals surface area (Å²) in [5.74, 6) is -0.330. The summed E-state index contributed by atoms with van der Waals surface area (Å²) in [6.45, 7) is 0.253. The molecule has 1 aliphatic heterocycles. The molecule has 0 bridgehead atoms. The molecule has 1 saturated heterocycles. The first-order valence-electron chi connectivity index (χ1n) is 6.77. The van der Waals surface area contributed by atoms with Crippen LogP contribution in [-0.4, -0.2) is 16.8 Å². The number of benzene rings is 2. The Labute approximate surface area is 133 Å². The number of nitrogens with zero attached hydrogens (tertiary/aromatic N) is 1. The Morgan fingerprint density at radius 3 is 2.36 bits per heavy atom. The maximum Gasteiger partial charge on any atom is 0.329 e. The van der Waals surface area contributed by atoms with Gasteiger partial charge in [0.25, 0.3) is 5.91 Å². The van der Waals surface area contributed by atoms with Crippen molar-refractivity contribution in [2.24, 2.45) is 0 Å². The van der Waals surface area contributed by atoms with Gasteiger partial charge in [0.05, 0.1) is 6.54 Å². The fraction of sp³-hybridized carbons (Fsp3) is 0.0588. The van der Waals surface area contributed by atoms with Crippen LogP contribution in [0.25, 0.3) is 6.08 Å². The Kier molecular flexibility index (Phi) is 3.94. The summed E-state index contributed by atoms with van der Waals surface area (Å²) in [7, 11) is 0. The van der Waals surface area contributed by atoms with Crippen LogP contribution in [0.15, 0.2) is 60.3 Å². The van der Waals surface area contributed by atoms with Crippen molar-refractivity contribution in [3.8, 4) is 0 Å². The zero-order valence-corrected chi connectivity index (χ0v) is 12.4. The number of hydrogen-bond donors (Lipinski definition) is 1. The summed E-state index contributed by atoms with van der Waals surface area (Å²) < 4.78 is 0. The lowest BCUT2D eigenvalue weighted by atomic mass is 10.2. The molecule has 0 aliphatic carbocycles. The van der Waals surface area contributed by atoms with Gasteiger partial charge < -0.3 is 5.32 Å². The van der Waals surface area contributed by atoms with Gasteiger partial charge in [0.2, 0.25) is 0 Å². The quantitative estimate of drug-likeness (QED) is 0.697. The summed E-state index contributed by atoms with van der Waals surface area (Å²) in [6.07, 6.45) is 1.64. The van der Waals surface area contributed by atoms with Crippen LogP contribution in [0.5, 0.6) is 0 Å². The second-order valence-electron chi connectivity index (χ2n) is 4.92. The predicted octanol–water partition coefficient (Wildman–Crippen LogP) is 3.43. The molecule has 1 aliphatic rings. The summed E-state index contributed by atoms with van der Waals surface area (Å²) in [4.78, 5) is 25.5. The molecule has 4 nitrogen and oxygen atoms in total. The van der Waals surface area contributed by atoms with E-state index in [2.05, 4.69) is 5.32 Å². The number of imide groups is 1. The van der Waals surface area contributed by atoms with Crippen molar-refractivity contribution in [2.45, 2.75) is 6.54 Å². The van der Waals surface area contributed by atoms with Gasteiger partial charge in [-0.3, -0.25) is 9.69 Å². The number of urea groups is 1. The normalized spacial score (nSPS) is 16.2. The van der Waals surface area contributed by atoms with Crippen molar-refractivity contribution in [1.29, 1.82) is 0 Å². The van der Waals surface area contributed by atoms with Gasteiger partial charge in [0.15, 0.2) is 0 Å². The minimum Gasteiger partial charge on any atom is -0.303 e. The highest BCUT2D eigenvalue weighted by Crippen LogP contribution is 2.18. The SMILES string of the molecule is O=C1N/C(=C/c2ccc(Cl)cc2)C(=O)N1Cc1ccccc1. The molecule has 3 amide bonds.